The second-order valence-electron chi connectivity index (χ2n) is 10.9. The summed E-state index contributed by atoms with van der Waals surface area (Å²) in [4.78, 5) is 2.28. The molecule has 3 aliphatic rings. The zero-order valence-corrected chi connectivity index (χ0v) is 21.9. The van der Waals surface area contributed by atoms with Gasteiger partial charge in [-0.15, -0.1) is 0 Å². The van der Waals surface area contributed by atoms with Crippen molar-refractivity contribution in [3.63, 3.8) is 0 Å². The van der Waals surface area contributed by atoms with E-state index < -0.39 is 0 Å². The lowest BCUT2D eigenvalue weighted by Gasteiger charge is -2.39. The van der Waals surface area contributed by atoms with E-state index in [0.29, 0.717) is 0 Å². The average Bonchev–Trinajstić information content (AvgIpc) is 3.38. The molecule has 1 aromatic heterocycles. The van der Waals surface area contributed by atoms with Crippen LogP contribution in [0.1, 0.15) is 0 Å². The van der Waals surface area contributed by atoms with Crippen molar-refractivity contribution in [3.8, 4) is 28.7 Å². The van der Waals surface area contributed by atoms with Gasteiger partial charge in [0.2, 0.25) is 0 Å². The van der Waals surface area contributed by atoms with Crippen molar-refractivity contribution in [2.45, 2.75) is 0 Å². The van der Waals surface area contributed by atoms with Gasteiger partial charge in [0, 0.05) is 33.3 Å². The smallest absolute Gasteiger partial charge is 0.266 e. The molecule has 0 unspecified atom stereocenters. The van der Waals surface area contributed by atoms with Crippen LogP contribution in [0.4, 0.5) is 17.1 Å². The number of benzene rings is 6. The van der Waals surface area contributed by atoms with E-state index in [0.717, 1.165) is 45.5 Å². The molecule has 10 rings (SSSR count). The van der Waals surface area contributed by atoms with Crippen molar-refractivity contribution >= 4 is 62.0 Å². The Labute approximate surface area is 236 Å². The van der Waals surface area contributed by atoms with Crippen molar-refractivity contribution in [3.05, 3.63) is 127 Å². The molecule has 0 bridgehead atoms. The molecule has 4 nitrogen and oxygen atoms in total. The Bertz CT molecular complexity index is 2180. The lowest BCUT2D eigenvalue weighted by Crippen LogP contribution is -2.60. The first-order valence-corrected chi connectivity index (χ1v) is 14.0. The Morgan fingerprint density at radius 2 is 1.20 bits per heavy atom. The highest BCUT2D eigenvalue weighted by molar-refractivity contribution is 7.00. The number of rotatable bonds is 3. The number of anilines is 3. The van der Waals surface area contributed by atoms with Crippen molar-refractivity contribution in [1.82, 2.24) is 4.57 Å². The molecule has 0 saturated heterocycles. The minimum absolute atomic E-state index is 0.0116. The van der Waals surface area contributed by atoms with Crippen LogP contribution in [0, 0.1) is 0 Å². The maximum Gasteiger partial charge on any atom is 0.266 e. The van der Waals surface area contributed by atoms with Crippen LogP contribution >= 0.6 is 0 Å². The number of fused-ring (bicyclic) bond motifs is 4. The van der Waals surface area contributed by atoms with E-state index in [9.17, 15) is 0 Å². The molecule has 5 heteroatoms. The molecule has 0 amide bonds. The molecule has 0 atom stereocenters. The molecule has 0 spiro atoms. The lowest BCUT2D eigenvalue weighted by molar-refractivity contribution is 0.465. The number of para-hydroxylation sites is 3. The molecular formula is C36H21BN2O2. The van der Waals surface area contributed by atoms with Gasteiger partial charge < -0.3 is 18.9 Å². The summed E-state index contributed by atoms with van der Waals surface area (Å²) in [5.74, 6) is 3.51. The summed E-state index contributed by atoms with van der Waals surface area (Å²) in [5.41, 5.74) is 10.3. The number of hydrogen-bond acceptors (Lipinski definition) is 3. The van der Waals surface area contributed by atoms with E-state index in [1.807, 2.05) is 0 Å². The zero-order valence-electron chi connectivity index (χ0n) is 21.9. The first-order chi connectivity index (χ1) is 20.4. The first-order valence-electron chi connectivity index (χ1n) is 14.0. The van der Waals surface area contributed by atoms with Crippen LogP contribution in [0.25, 0.3) is 27.5 Å². The van der Waals surface area contributed by atoms with Crippen molar-refractivity contribution in [2.75, 3.05) is 4.90 Å². The molecule has 41 heavy (non-hydrogen) atoms. The van der Waals surface area contributed by atoms with Gasteiger partial charge in [0.25, 0.3) is 6.71 Å². The summed E-state index contributed by atoms with van der Waals surface area (Å²) in [6.45, 7) is 0.0116. The van der Waals surface area contributed by atoms with Gasteiger partial charge in [0.1, 0.15) is 23.0 Å². The Morgan fingerprint density at radius 1 is 0.512 bits per heavy atom. The van der Waals surface area contributed by atoms with Crippen LogP contribution < -0.4 is 30.8 Å². The average molecular weight is 524 g/mol. The number of nitrogens with zero attached hydrogens (tertiary/aromatic N) is 2. The normalized spacial score (nSPS) is 13.2. The largest absolute Gasteiger partial charge is 0.458 e. The summed E-state index contributed by atoms with van der Waals surface area (Å²) < 4.78 is 16.1. The molecule has 0 radical (unpaired) electrons. The number of aromatic nitrogens is 1. The fourth-order valence-electron chi connectivity index (χ4n) is 7.25. The Balaban J connectivity index is 1.32. The number of hydrogen-bond donors (Lipinski definition) is 0. The molecule has 0 N–H and O–H groups in total. The van der Waals surface area contributed by atoms with Gasteiger partial charge in [-0.25, -0.2) is 0 Å². The van der Waals surface area contributed by atoms with Crippen molar-refractivity contribution in [1.29, 1.82) is 0 Å². The highest BCUT2D eigenvalue weighted by atomic mass is 16.5. The second-order valence-corrected chi connectivity index (χ2v) is 10.9. The van der Waals surface area contributed by atoms with Gasteiger partial charge in [0.05, 0.1) is 16.7 Å². The van der Waals surface area contributed by atoms with E-state index in [2.05, 4.69) is 137 Å². The third-order valence-corrected chi connectivity index (χ3v) is 8.82. The highest BCUT2D eigenvalue weighted by Gasteiger charge is 2.47. The minimum Gasteiger partial charge on any atom is -0.458 e. The third kappa shape index (κ3) is 2.66. The van der Waals surface area contributed by atoms with E-state index in [1.165, 1.54) is 38.4 Å². The Hall–Kier alpha value is -5.42. The van der Waals surface area contributed by atoms with Gasteiger partial charge in [0.15, 0.2) is 0 Å². The lowest BCUT2D eigenvalue weighted by atomic mass is 9.33. The molecular weight excluding hydrogens is 503 g/mol. The molecule has 3 aliphatic heterocycles. The van der Waals surface area contributed by atoms with Gasteiger partial charge >= 0.3 is 0 Å². The van der Waals surface area contributed by atoms with Crippen molar-refractivity contribution < 1.29 is 9.47 Å². The van der Waals surface area contributed by atoms with E-state index in [1.54, 1.807) is 0 Å². The number of ether oxygens (including phenoxy) is 2. The molecule has 4 heterocycles. The van der Waals surface area contributed by atoms with Crippen LogP contribution in [0.15, 0.2) is 127 Å². The van der Waals surface area contributed by atoms with E-state index in [-0.39, 0.29) is 6.71 Å². The van der Waals surface area contributed by atoms with Crippen LogP contribution in [0.5, 0.6) is 23.0 Å². The summed E-state index contributed by atoms with van der Waals surface area (Å²) in [5, 5.41) is 2.50. The van der Waals surface area contributed by atoms with Gasteiger partial charge in [-0.05, 0) is 77.7 Å². The predicted octanol–water partition coefficient (Wildman–Crippen LogP) is 7.29. The van der Waals surface area contributed by atoms with Crippen LogP contribution in [-0.4, -0.2) is 11.3 Å². The minimum atomic E-state index is 0.0116. The van der Waals surface area contributed by atoms with Crippen LogP contribution in [0.3, 0.4) is 0 Å². The monoisotopic (exact) mass is 524 g/mol. The molecule has 6 aromatic carbocycles. The third-order valence-electron chi connectivity index (χ3n) is 8.82. The first kappa shape index (κ1) is 21.4. The van der Waals surface area contributed by atoms with Crippen LogP contribution in [0.2, 0.25) is 0 Å². The Kier molecular flexibility index (Phi) is 3.98. The second kappa shape index (κ2) is 7.61. The highest BCUT2D eigenvalue weighted by Crippen LogP contribution is 2.48. The maximum atomic E-state index is 6.95. The summed E-state index contributed by atoms with van der Waals surface area (Å²) in [6, 6.07) is 44.7. The van der Waals surface area contributed by atoms with Gasteiger partial charge in [-0.3, -0.25) is 0 Å². The molecule has 7 aromatic rings. The standard InChI is InChI=1S/C36H21BN2O2/c1-3-10-22(11-4-1)38(23-12-5-2-6-13-23)28-19-21-31-34-36(28)41-29-17-9-16-27-32(29)37(34)33-30(40-31)20-18-25-24-14-7-8-15-26(24)39(27)35(25)33/h1-21H. The zero-order chi connectivity index (χ0) is 26.7. The molecule has 0 fully saturated rings. The Morgan fingerprint density at radius 3 is 2.00 bits per heavy atom. The van der Waals surface area contributed by atoms with Crippen molar-refractivity contribution in [2.24, 2.45) is 0 Å². The topological polar surface area (TPSA) is 26.6 Å². The maximum absolute atomic E-state index is 6.95. The summed E-state index contributed by atoms with van der Waals surface area (Å²) in [6.07, 6.45) is 0. The van der Waals surface area contributed by atoms with E-state index >= 15 is 0 Å². The SMILES string of the molecule is c1ccc(N(c2ccccc2)c2ccc3c4c2Oc2cccc5c2B4c2c(ccc4c6ccccc6n-5c24)O3)cc1. The fourth-order valence-corrected chi connectivity index (χ4v) is 7.25. The summed E-state index contributed by atoms with van der Waals surface area (Å²) in [7, 11) is 0. The molecule has 0 aliphatic carbocycles. The van der Waals surface area contributed by atoms with Gasteiger partial charge in [-0.1, -0.05) is 60.7 Å². The van der Waals surface area contributed by atoms with Crippen LogP contribution in [-0.2, 0) is 0 Å². The quantitative estimate of drug-likeness (QED) is 0.227. The fraction of sp³-hybridized carbons (Fsp3) is 0. The van der Waals surface area contributed by atoms with E-state index in [4.69, 9.17) is 9.47 Å². The molecule has 190 valence electrons. The predicted molar refractivity (Wildman–Crippen MR) is 167 cm³/mol. The van der Waals surface area contributed by atoms with Gasteiger partial charge in [-0.2, -0.15) is 0 Å². The summed E-state index contributed by atoms with van der Waals surface area (Å²) >= 11 is 0. The molecule has 0 saturated carbocycles.